The third kappa shape index (κ3) is 3.03. The van der Waals surface area contributed by atoms with Gasteiger partial charge < -0.3 is 4.90 Å². The molecule has 33 heavy (non-hydrogen) atoms. The first-order valence-corrected chi connectivity index (χ1v) is 12.4. The van der Waals surface area contributed by atoms with Gasteiger partial charge in [0.2, 0.25) is 5.91 Å². The van der Waals surface area contributed by atoms with Crippen LogP contribution >= 0.6 is 0 Å². The number of sulfone groups is 1. The third-order valence-electron chi connectivity index (χ3n) is 6.32. The van der Waals surface area contributed by atoms with Crippen molar-refractivity contribution in [1.29, 1.82) is 0 Å². The van der Waals surface area contributed by atoms with E-state index >= 15 is 0 Å². The molecule has 6 nitrogen and oxygen atoms in total. The first-order chi connectivity index (χ1) is 15.6. The number of amides is 2. The van der Waals surface area contributed by atoms with Crippen LogP contribution in [0.1, 0.15) is 27.8 Å². The van der Waals surface area contributed by atoms with E-state index in [1.54, 1.807) is 24.3 Å². The van der Waals surface area contributed by atoms with Crippen LogP contribution in [0.25, 0.3) is 0 Å². The Bertz CT molecular complexity index is 1400. The Labute approximate surface area is 193 Å². The Morgan fingerprint density at radius 2 is 1.52 bits per heavy atom. The number of fused-ring (bicyclic) bond motifs is 2. The van der Waals surface area contributed by atoms with E-state index in [0.717, 1.165) is 22.3 Å². The topological polar surface area (TPSA) is 74.8 Å². The zero-order chi connectivity index (χ0) is 23.5. The molecule has 168 valence electrons. The van der Waals surface area contributed by atoms with E-state index in [2.05, 4.69) is 0 Å². The summed E-state index contributed by atoms with van der Waals surface area (Å²) < 4.78 is 27.4. The lowest BCUT2D eigenvalue weighted by atomic mass is 10.0. The molecular formula is C26H24N2O4S. The Hall–Kier alpha value is -3.45. The molecule has 1 spiro atoms. The van der Waals surface area contributed by atoms with Crippen LogP contribution in [0.2, 0.25) is 0 Å². The maximum absolute atomic E-state index is 14.2. The zero-order valence-corrected chi connectivity index (χ0v) is 19.5. The van der Waals surface area contributed by atoms with E-state index in [1.807, 2.05) is 63.2 Å². The van der Waals surface area contributed by atoms with Gasteiger partial charge in [0.05, 0.1) is 12.2 Å². The van der Waals surface area contributed by atoms with Gasteiger partial charge in [-0.3, -0.25) is 14.5 Å². The van der Waals surface area contributed by atoms with Gasteiger partial charge in [0.15, 0.2) is 9.84 Å². The number of aryl methyl sites for hydroxylation is 3. The number of nitrogens with zero attached hydrogens (tertiary/aromatic N) is 2. The van der Waals surface area contributed by atoms with E-state index in [1.165, 1.54) is 9.80 Å². The van der Waals surface area contributed by atoms with Gasteiger partial charge in [-0.05, 0) is 61.7 Å². The fourth-order valence-corrected chi connectivity index (χ4v) is 7.08. The van der Waals surface area contributed by atoms with Crippen molar-refractivity contribution in [3.05, 3.63) is 94.5 Å². The average Bonchev–Trinajstić information content (AvgIpc) is 3.10. The second kappa shape index (κ2) is 7.28. The van der Waals surface area contributed by atoms with Crippen molar-refractivity contribution in [2.75, 3.05) is 15.6 Å². The van der Waals surface area contributed by atoms with Crippen molar-refractivity contribution >= 4 is 33.0 Å². The van der Waals surface area contributed by atoms with Crippen LogP contribution in [0.3, 0.4) is 0 Å². The summed E-state index contributed by atoms with van der Waals surface area (Å²) in [5, 5.41) is 0. The molecule has 0 N–H and O–H groups in total. The second-order valence-electron chi connectivity index (χ2n) is 8.88. The molecule has 0 unspecified atom stereocenters. The molecule has 2 amide bonds. The molecule has 2 heterocycles. The molecule has 0 radical (unpaired) electrons. The summed E-state index contributed by atoms with van der Waals surface area (Å²) in [7, 11) is -4.18. The van der Waals surface area contributed by atoms with Crippen LogP contribution in [0.4, 0.5) is 11.4 Å². The highest BCUT2D eigenvalue weighted by atomic mass is 32.2. The lowest BCUT2D eigenvalue weighted by Gasteiger charge is -2.33. The standard InChI is InChI=1S/C26H24N2O4S/c1-17-9-10-23-22(14-17)26(25(30)27(23)15-20-7-5-4-6-8-20)28(24(29)16-33(26,31)32)21-12-18(2)11-19(3)13-21/h4-14H,15-16H2,1-3H3/t26-/m1/s1. The average molecular weight is 461 g/mol. The predicted molar refractivity (Wildman–Crippen MR) is 128 cm³/mol. The van der Waals surface area contributed by atoms with Gasteiger partial charge in [-0.2, -0.15) is 0 Å². The number of hydrogen-bond donors (Lipinski definition) is 0. The van der Waals surface area contributed by atoms with Crippen LogP contribution in [0, 0.1) is 20.8 Å². The predicted octanol–water partition coefficient (Wildman–Crippen LogP) is 3.77. The van der Waals surface area contributed by atoms with Crippen molar-refractivity contribution in [3.63, 3.8) is 0 Å². The summed E-state index contributed by atoms with van der Waals surface area (Å²) in [5.74, 6) is -1.92. The van der Waals surface area contributed by atoms with E-state index in [9.17, 15) is 18.0 Å². The molecule has 5 rings (SSSR count). The van der Waals surface area contributed by atoms with E-state index in [0.29, 0.717) is 16.9 Å². The van der Waals surface area contributed by atoms with Gasteiger partial charge >= 0.3 is 0 Å². The van der Waals surface area contributed by atoms with Crippen LogP contribution in [-0.2, 0) is 30.8 Å². The number of carbonyl (C=O) groups excluding carboxylic acids is 2. The van der Waals surface area contributed by atoms with Crippen molar-refractivity contribution in [3.8, 4) is 0 Å². The van der Waals surface area contributed by atoms with Crippen molar-refractivity contribution < 1.29 is 18.0 Å². The summed E-state index contributed by atoms with van der Waals surface area (Å²) in [4.78, 5) is 28.0. The van der Waals surface area contributed by atoms with Crippen LogP contribution < -0.4 is 9.80 Å². The van der Waals surface area contributed by atoms with Gasteiger partial charge in [-0.25, -0.2) is 8.42 Å². The van der Waals surface area contributed by atoms with E-state index < -0.39 is 32.3 Å². The SMILES string of the molecule is Cc1cc(C)cc(N2C(=O)CS(=O)(=O)[C@]23C(=O)N(Cc2ccccc2)c2ccc(C)cc23)c1. The molecule has 0 saturated carbocycles. The van der Waals surface area contributed by atoms with Gasteiger partial charge in [0.25, 0.3) is 10.8 Å². The second-order valence-corrected chi connectivity index (χ2v) is 11.0. The molecule has 3 aromatic carbocycles. The van der Waals surface area contributed by atoms with Crippen molar-refractivity contribution in [2.45, 2.75) is 32.2 Å². The van der Waals surface area contributed by atoms with E-state index in [4.69, 9.17) is 0 Å². The first-order valence-electron chi connectivity index (χ1n) is 10.8. The molecule has 0 aliphatic carbocycles. The monoisotopic (exact) mass is 460 g/mol. The lowest BCUT2D eigenvalue weighted by Crippen LogP contribution is -2.54. The van der Waals surface area contributed by atoms with Crippen LogP contribution in [0.5, 0.6) is 0 Å². The lowest BCUT2D eigenvalue weighted by molar-refractivity contribution is -0.123. The van der Waals surface area contributed by atoms with Crippen molar-refractivity contribution in [1.82, 2.24) is 0 Å². The minimum absolute atomic E-state index is 0.210. The summed E-state index contributed by atoms with van der Waals surface area (Å²) in [6.45, 7) is 5.83. The fourth-order valence-electron chi connectivity index (χ4n) is 5.06. The molecule has 1 atom stereocenters. The summed E-state index contributed by atoms with van der Waals surface area (Å²) in [6, 6.07) is 20.2. The molecular weight excluding hydrogens is 436 g/mol. The quantitative estimate of drug-likeness (QED) is 0.596. The van der Waals surface area contributed by atoms with Gasteiger partial charge in [-0.15, -0.1) is 0 Å². The molecule has 0 aromatic heterocycles. The molecule has 3 aromatic rings. The largest absolute Gasteiger partial charge is 0.304 e. The normalized spacial score (nSPS) is 21.2. The third-order valence-corrected chi connectivity index (χ3v) is 8.42. The maximum atomic E-state index is 14.2. The minimum Gasteiger partial charge on any atom is -0.304 e. The zero-order valence-electron chi connectivity index (χ0n) is 18.7. The first kappa shape index (κ1) is 21.4. The molecule has 2 aliphatic heterocycles. The van der Waals surface area contributed by atoms with Crippen LogP contribution in [0.15, 0.2) is 66.7 Å². The highest BCUT2D eigenvalue weighted by Gasteiger charge is 2.69. The number of rotatable bonds is 3. The maximum Gasteiger partial charge on any atom is 0.274 e. The molecule has 0 bridgehead atoms. The summed E-state index contributed by atoms with van der Waals surface area (Å²) in [6.07, 6.45) is 0. The number of anilines is 2. The molecule has 7 heteroatoms. The Morgan fingerprint density at radius 1 is 0.848 bits per heavy atom. The summed E-state index contributed by atoms with van der Waals surface area (Å²) in [5.41, 5.74) is 4.73. The van der Waals surface area contributed by atoms with Gasteiger partial charge in [0.1, 0.15) is 5.75 Å². The van der Waals surface area contributed by atoms with Crippen molar-refractivity contribution in [2.24, 2.45) is 0 Å². The number of carbonyl (C=O) groups is 2. The number of benzene rings is 3. The highest BCUT2D eigenvalue weighted by molar-refractivity contribution is 7.94. The van der Waals surface area contributed by atoms with Gasteiger partial charge in [-0.1, -0.05) is 48.0 Å². The molecule has 2 aliphatic rings. The van der Waals surface area contributed by atoms with E-state index in [-0.39, 0.29) is 6.54 Å². The Balaban J connectivity index is 1.79. The Kier molecular flexibility index (Phi) is 4.72. The Morgan fingerprint density at radius 3 is 2.18 bits per heavy atom. The minimum atomic E-state index is -4.18. The van der Waals surface area contributed by atoms with Gasteiger partial charge in [0, 0.05) is 11.3 Å². The highest BCUT2D eigenvalue weighted by Crippen LogP contribution is 2.53. The summed E-state index contributed by atoms with van der Waals surface area (Å²) >= 11 is 0. The number of hydrogen-bond acceptors (Lipinski definition) is 4. The van der Waals surface area contributed by atoms with Crippen LogP contribution in [-0.4, -0.2) is 26.0 Å². The molecule has 1 fully saturated rings. The smallest absolute Gasteiger partial charge is 0.274 e. The fraction of sp³-hybridized carbons (Fsp3) is 0.231. The molecule has 1 saturated heterocycles.